The third kappa shape index (κ3) is 2.51. The minimum absolute atomic E-state index is 0.722. The molecule has 0 radical (unpaired) electrons. The van der Waals surface area contributed by atoms with Crippen molar-refractivity contribution in [2.24, 2.45) is 0 Å². The van der Waals surface area contributed by atoms with Crippen LogP contribution >= 0.6 is 11.3 Å². The smallest absolute Gasteiger partial charge is 0.186 e. The number of nitrogens with zero attached hydrogens (tertiary/aromatic N) is 5. The van der Waals surface area contributed by atoms with E-state index in [0.717, 1.165) is 36.0 Å². The maximum Gasteiger partial charge on any atom is 0.186 e. The SMILES string of the molecule is CCCn1cnnc1CN(C)c1nc2ccccc2s1. The fourth-order valence-corrected chi connectivity index (χ4v) is 3.06. The Bertz CT molecular complexity index is 669. The highest BCUT2D eigenvalue weighted by atomic mass is 32.1. The van der Waals surface area contributed by atoms with Crippen LogP contribution in [-0.2, 0) is 13.1 Å². The normalized spacial score (nSPS) is 11.1. The predicted octanol–water partition coefficient (Wildman–Crippen LogP) is 2.93. The summed E-state index contributed by atoms with van der Waals surface area (Å²) in [5.74, 6) is 0.980. The van der Waals surface area contributed by atoms with Gasteiger partial charge in [-0.05, 0) is 18.6 Å². The lowest BCUT2D eigenvalue weighted by Crippen LogP contribution is -2.19. The number of fused-ring (bicyclic) bond motifs is 1. The summed E-state index contributed by atoms with van der Waals surface area (Å²) in [6.45, 7) is 3.83. The second-order valence-corrected chi connectivity index (χ2v) is 5.77. The molecule has 20 heavy (non-hydrogen) atoms. The molecular weight excluding hydrogens is 270 g/mol. The molecular formula is C14H17N5S. The van der Waals surface area contributed by atoms with Gasteiger partial charge in [0, 0.05) is 13.6 Å². The van der Waals surface area contributed by atoms with Crippen LogP contribution in [-0.4, -0.2) is 26.8 Å². The summed E-state index contributed by atoms with van der Waals surface area (Å²) in [7, 11) is 2.04. The molecule has 0 amide bonds. The molecule has 0 spiro atoms. The average molecular weight is 287 g/mol. The average Bonchev–Trinajstić information content (AvgIpc) is 3.06. The maximum atomic E-state index is 4.66. The van der Waals surface area contributed by atoms with E-state index in [9.17, 15) is 0 Å². The summed E-state index contributed by atoms with van der Waals surface area (Å²) in [6.07, 6.45) is 2.88. The Labute approximate surface area is 121 Å². The molecule has 0 saturated heterocycles. The number of benzene rings is 1. The van der Waals surface area contributed by atoms with Gasteiger partial charge in [-0.2, -0.15) is 0 Å². The molecule has 0 aliphatic heterocycles. The Morgan fingerprint density at radius 2 is 2.15 bits per heavy atom. The number of anilines is 1. The van der Waals surface area contributed by atoms with Crippen LogP contribution in [0.4, 0.5) is 5.13 Å². The number of thiazole rings is 1. The summed E-state index contributed by atoms with van der Waals surface area (Å²) in [5.41, 5.74) is 1.05. The highest BCUT2D eigenvalue weighted by Crippen LogP contribution is 2.28. The van der Waals surface area contributed by atoms with Gasteiger partial charge in [-0.15, -0.1) is 10.2 Å². The molecule has 104 valence electrons. The number of hydrogen-bond acceptors (Lipinski definition) is 5. The molecule has 0 bridgehead atoms. The minimum atomic E-state index is 0.722. The van der Waals surface area contributed by atoms with Gasteiger partial charge in [0.1, 0.15) is 6.33 Å². The van der Waals surface area contributed by atoms with Crippen LogP contribution in [0.5, 0.6) is 0 Å². The van der Waals surface area contributed by atoms with E-state index in [-0.39, 0.29) is 0 Å². The van der Waals surface area contributed by atoms with Gasteiger partial charge >= 0.3 is 0 Å². The molecule has 0 fully saturated rings. The van der Waals surface area contributed by atoms with Crippen LogP contribution in [0.15, 0.2) is 30.6 Å². The van der Waals surface area contributed by atoms with E-state index in [1.165, 1.54) is 4.70 Å². The fraction of sp³-hybridized carbons (Fsp3) is 0.357. The number of hydrogen-bond donors (Lipinski definition) is 0. The van der Waals surface area contributed by atoms with E-state index in [1.54, 1.807) is 17.7 Å². The summed E-state index contributed by atoms with van der Waals surface area (Å²) in [5, 5.41) is 9.21. The van der Waals surface area contributed by atoms with Gasteiger partial charge in [-0.3, -0.25) is 0 Å². The van der Waals surface area contributed by atoms with Crippen molar-refractivity contribution in [2.45, 2.75) is 26.4 Å². The zero-order valence-electron chi connectivity index (χ0n) is 11.7. The molecule has 3 aromatic rings. The van der Waals surface area contributed by atoms with Gasteiger partial charge in [0.25, 0.3) is 0 Å². The molecule has 0 atom stereocenters. The van der Waals surface area contributed by atoms with Crippen molar-refractivity contribution in [1.29, 1.82) is 0 Å². The third-order valence-corrected chi connectivity index (χ3v) is 4.30. The van der Waals surface area contributed by atoms with Crippen molar-refractivity contribution < 1.29 is 0 Å². The third-order valence-electron chi connectivity index (χ3n) is 3.15. The number of aromatic nitrogens is 4. The first kappa shape index (κ1) is 13.1. The summed E-state index contributed by atoms with van der Waals surface area (Å²) < 4.78 is 3.31. The standard InChI is InChI=1S/C14H17N5S/c1-3-8-19-10-15-17-13(19)9-18(2)14-16-11-6-4-5-7-12(11)20-14/h4-7,10H,3,8-9H2,1-2H3. The molecule has 0 aliphatic carbocycles. The van der Waals surface area contributed by atoms with Gasteiger partial charge in [-0.1, -0.05) is 30.4 Å². The molecule has 6 heteroatoms. The van der Waals surface area contributed by atoms with Crippen LogP contribution in [0.2, 0.25) is 0 Å². The Balaban J connectivity index is 1.81. The molecule has 1 aromatic carbocycles. The van der Waals surface area contributed by atoms with Crippen molar-refractivity contribution in [3.05, 3.63) is 36.4 Å². The molecule has 3 rings (SSSR count). The van der Waals surface area contributed by atoms with Gasteiger partial charge in [0.05, 0.1) is 16.8 Å². The topological polar surface area (TPSA) is 46.8 Å². The van der Waals surface area contributed by atoms with Crippen LogP contribution in [0.25, 0.3) is 10.2 Å². The van der Waals surface area contributed by atoms with Gasteiger partial charge < -0.3 is 9.47 Å². The van der Waals surface area contributed by atoms with E-state index in [4.69, 9.17) is 0 Å². The first-order valence-electron chi connectivity index (χ1n) is 6.71. The summed E-state index contributed by atoms with van der Waals surface area (Å²) in [4.78, 5) is 6.78. The molecule has 0 N–H and O–H groups in total. The van der Waals surface area contributed by atoms with Gasteiger partial charge in [0.2, 0.25) is 0 Å². The van der Waals surface area contributed by atoms with E-state index >= 15 is 0 Å². The maximum absolute atomic E-state index is 4.66. The lowest BCUT2D eigenvalue weighted by atomic mass is 10.3. The monoisotopic (exact) mass is 287 g/mol. The Morgan fingerprint density at radius 3 is 2.95 bits per heavy atom. The minimum Gasteiger partial charge on any atom is -0.344 e. The fourth-order valence-electron chi connectivity index (χ4n) is 2.13. The van der Waals surface area contributed by atoms with Crippen LogP contribution < -0.4 is 4.90 Å². The van der Waals surface area contributed by atoms with Crippen LogP contribution in [0, 0.1) is 0 Å². The summed E-state index contributed by atoms with van der Waals surface area (Å²) >= 11 is 1.70. The second kappa shape index (κ2) is 5.58. The van der Waals surface area contributed by atoms with Gasteiger partial charge in [-0.25, -0.2) is 4.98 Å². The highest BCUT2D eigenvalue weighted by Gasteiger charge is 2.12. The number of aryl methyl sites for hydroxylation is 1. The lowest BCUT2D eigenvalue weighted by molar-refractivity contribution is 0.631. The first-order valence-corrected chi connectivity index (χ1v) is 7.53. The van der Waals surface area contributed by atoms with E-state index < -0.39 is 0 Å². The molecule has 2 heterocycles. The van der Waals surface area contributed by atoms with Crippen molar-refractivity contribution >= 4 is 26.7 Å². The lowest BCUT2D eigenvalue weighted by Gasteiger charge is -2.15. The Hall–Kier alpha value is -1.95. The molecule has 0 saturated carbocycles. The summed E-state index contributed by atoms with van der Waals surface area (Å²) in [6, 6.07) is 8.21. The van der Waals surface area contributed by atoms with Crippen molar-refractivity contribution in [1.82, 2.24) is 19.7 Å². The molecule has 0 unspecified atom stereocenters. The van der Waals surface area contributed by atoms with Crippen LogP contribution in [0.1, 0.15) is 19.2 Å². The van der Waals surface area contributed by atoms with E-state index in [0.29, 0.717) is 0 Å². The van der Waals surface area contributed by atoms with Crippen molar-refractivity contribution in [3.8, 4) is 0 Å². The van der Waals surface area contributed by atoms with Crippen molar-refractivity contribution in [3.63, 3.8) is 0 Å². The van der Waals surface area contributed by atoms with Gasteiger partial charge in [0.15, 0.2) is 11.0 Å². The van der Waals surface area contributed by atoms with E-state index in [1.807, 2.05) is 25.2 Å². The zero-order chi connectivity index (χ0) is 13.9. The quantitative estimate of drug-likeness (QED) is 0.724. The molecule has 5 nitrogen and oxygen atoms in total. The second-order valence-electron chi connectivity index (χ2n) is 4.76. The number of rotatable bonds is 5. The number of para-hydroxylation sites is 1. The Kier molecular flexibility index (Phi) is 3.64. The zero-order valence-corrected chi connectivity index (χ0v) is 12.5. The Morgan fingerprint density at radius 1 is 1.30 bits per heavy atom. The highest BCUT2D eigenvalue weighted by molar-refractivity contribution is 7.22. The first-order chi connectivity index (χ1) is 9.78. The molecule has 0 aliphatic rings. The predicted molar refractivity (Wildman–Crippen MR) is 82.0 cm³/mol. The van der Waals surface area contributed by atoms with Crippen molar-refractivity contribution in [2.75, 3.05) is 11.9 Å². The van der Waals surface area contributed by atoms with E-state index in [2.05, 4.69) is 37.6 Å². The molecule has 2 aromatic heterocycles. The van der Waals surface area contributed by atoms with Crippen LogP contribution in [0.3, 0.4) is 0 Å². The largest absolute Gasteiger partial charge is 0.344 e.